The van der Waals surface area contributed by atoms with Crippen LogP contribution < -0.4 is 5.32 Å². The summed E-state index contributed by atoms with van der Waals surface area (Å²) in [6, 6.07) is 6.02. The number of para-hydroxylation sites is 2. The molecule has 0 aliphatic carbocycles. The van der Waals surface area contributed by atoms with E-state index in [1.54, 1.807) is 18.2 Å². The van der Waals surface area contributed by atoms with Crippen molar-refractivity contribution in [2.75, 3.05) is 6.61 Å². The third-order valence-corrected chi connectivity index (χ3v) is 2.72. The highest BCUT2D eigenvalue weighted by Gasteiger charge is 2.17. The number of carboxylic acids is 1. The molecule has 0 fully saturated rings. The summed E-state index contributed by atoms with van der Waals surface area (Å²) in [5.74, 6) is -1.55. The molecule has 21 heavy (non-hydrogen) atoms. The number of nitrogens with zero attached hydrogens (tertiary/aromatic N) is 1. The number of benzene rings is 1. The molecule has 0 aliphatic heterocycles. The van der Waals surface area contributed by atoms with Gasteiger partial charge in [-0.25, -0.2) is 9.78 Å². The lowest BCUT2D eigenvalue weighted by atomic mass is 10.2. The van der Waals surface area contributed by atoms with E-state index in [0.29, 0.717) is 11.1 Å². The van der Waals surface area contributed by atoms with E-state index in [0.717, 1.165) is 6.08 Å². The second-order valence-electron chi connectivity index (χ2n) is 4.26. The number of aromatic nitrogens is 1. The molecule has 3 N–H and O–H groups in total. The first-order chi connectivity index (χ1) is 10.1. The Morgan fingerprint density at radius 2 is 2.14 bits per heavy atom. The van der Waals surface area contributed by atoms with Crippen molar-refractivity contribution < 1.29 is 24.2 Å². The van der Waals surface area contributed by atoms with Gasteiger partial charge in [0.1, 0.15) is 11.6 Å². The van der Waals surface area contributed by atoms with Crippen molar-refractivity contribution >= 4 is 29.1 Å². The van der Waals surface area contributed by atoms with Crippen LogP contribution in [0.15, 0.2) is 34.8 Å². The van der Waals surface area contributed by atoms with Gasteiger partial charge in [-0.1, -0.05) is 12.1 Å². The number of carboxylic acid groups (broad SMARTS) is 1. The second-order valence-corrected chi connectivity index (χ2v) is 4.26. The number of oxazole rings is 1. The molecule has 1 amide bonds. The molecule has 7 heteroatoms. The molecule has 7 nitrogen and oxygen atoms in total. The minimum Gasteiger partial charge on any atom is -0.480 e. The van der Waals surface area contributed by atoms with E-state index < -0.39 is 17.9 Å². The van der Waals surface area contributed by atoms with E-state index in [-0.39, 0.29) is 18.9 Å². The van der Waals surface area contributed by atoms with Crippen LogP contribution in [0, 0.1) is 0 Å². The monoisotopic (exact) mass is 290 g/mol. The number of rotatable bonds is 6. The number of aliphatic hydroxyl groups excluding tert-OH is 1. The number of fused-ring (bicyclic) bond motifs is 1. The van der Waals surface area contributed by atoms with Crippen molar-refractivity contribution in [1.82, 2.24) is 10.3 Å². The van der Waals surface area contributed by atoms with E-state index in [4.69, 9.17) is 14.6 Å². The molecule has 0 saturated carbocycles. The molecule has 0 bridgehead atoms. The zero-order valence-corrected chi connectivity index (χ0v) is 11.0. The zero-order valence-electron chi connectivity index (χ0n) is 11.0. The van der Waals surface area contributed by atoms with Crippen molar-refractivity contribution in [3.8, 4) is 0 Å². The van der Waals surface area contributed by atoms with Crippen LogP contribution in [-0.2, 0) is 9.59 Å². The van der Waals surface area contributed by atoms with Gasteiger partial charge in [0.15, 0.2) is 5.58 Å². The highest BCUT2D eigenvalue weighted by atomic mass is 16.4. The molecule has 0 aliphatic rings. The first kappa shape index (κ1) is 14.7. The molecule has 0 spiro atoms. The molecule has 1 atom stereocenters. The average molecular weight is 290 g/mol. The van der Waals surface area contributed by atoms with Crippen LogP contribution >= 0.6 is 0 Å². The Balaban J connectivity index is 2.02. The molecule has 2 aromatic rings. The lowest BCUT2D eigenvalue weighted by Crippen LogP contribution is -2.40. The number of hydrogen-bond donors (Lipinski definition) is 3. The van der Waals surface area contributed by atoms with Gasteiger partial charge in [0.2, 0.25) is 11.8 Å². The number of aliphatic hydroxyl groups is 1. The Hall–Kier alpha value is -2.67. The molecule has 1 unspecified atom stereocenters. The van der Waals surface area contributed by atoms with Gasteiger partial charge in [0.25, 0.3) is 0 Å². The third-order valence-electron chi connectivity index (χ3n) is 2.72. The number of nitrogens with one attached hydrogen (secondary N) is 1. The van der Waals surface area contributed by atoms with Gasteiger partial charge in [-0.2, -0.15) is 0 Å². The summed E-state index contributed by atoms with van der Waals surface area (Å²) in [7, 11) is 0. The Kier molecular flexibility index (Phi) is 4.68. The Labute approximate surface area is 119 Å². The van der Waals surface area contributed by atoms with Crippen molar-refractivity contribution in [3.63, 3.8) is 0 Å². The maximum Gasteiger partial charge on any atom is 0.326 e. The molecule has 0 saturated heterocycles. The van der Waals surface area contributed by atoms with Crippen LogP contribution in [-0.4, -0.2) is 39.7 Å². The van der Waals surface area contributed by atoms with Crippen molar-refractivity contribution in [2.24, 2.45) is 0 Å². The summed E-state index contributed by atoms with van der Waals surface area (Å²) < 4.78 is 5.38. The van der Waals surface area contributed by atoms with Gasteiger partial charge in [-0.05, 0) is 12.1 Å². The van der Waals surface area contributed by atoms with Crippen LogP contribution in [0.5, 0.6) is 0 Å². The highest BCUT2D eigenvalue weighted by Crippen LogP contribution is 2.15. The van der Waals surface area contributed by atoms with Crippen LogP contribution in [0.1, 0.15) is 12.3 Å². The summed E-state index contributed by atoms with van der Waals surface area (Å²) in [4.78, 5) is 26.6. The number of amides is 1. The van der Waals surface area contributed by atoms with E-state index in [2.05, 4.69) is 10.3 Å². The Bertz CT molecular complexity index is 644. The highest BCUT2D eigenvalue weighted by molar-refractivity contribution is 5.94. The summed E-state index contributed by atoms with van der Waals surface area (Å²) in [5, 5.41) is 19.8. The molecule has 110 valence electrons. The molecule has 1 aromatic carbocycles. The Morgan fingerprint density at radius 1 is 1.38 bits per heavy atom. The SMILES string of the molecule is O=C(C=Cc1nc2ccccc2o1)NC(CCO)C(=O)O. The third kappa shape index (κ3) is 3.90. The van der Waals surface area contributed by atoms with Gasteiger partial charge in [0.05, 0.1) is 0 Å². The fraction of sp³-hybridized carbons (Fsp3) is 0.214. The zero-order chi connectivity index (χ0) is 15.2. The largest absolute Gasteiger partial charge is 0.480 e. The van der Waals surface area contributed by atoms with Gasteiger partial charge in [-0.15, -0.1) is 0 Å². The number of carbonyl (C=O) groups is 2. The fourth-order valence-corrected chi connectivity index (χ4v) is 1.71. The topological polar surface area (TPSA) is 113 Å². The summed E-state index contributed by atoms with van der Waals surface area (Å²) in [6.07, 6.45) is 2.43. The van der Waals surface area contributed by atoms with Gasteiger partial charge < -0.3 is 19.9 Å². The molecular weight excluding hydrogens is 276 g/mol. The van der Waals surface area contributed by atoms with Crippen molar-refractivity contribution in [3.05, 3.63) is 36.2 Å². The first-order valence-corrected chi connectivity index (χ1v) is 6.28. The maximum atomic E-state index is 11.6. The number of hydrogen-bond acceptors (Lipinski definition) is 5. The predicted octanol–water partition coefficient (Wildman–Crippen LogP) is 0.793. The maximum absolute atomic E-state index is 11.6. The van der Waals surface area contributed by atoms with Crippen LogP contribution in [0.25, 0.3) is 17.2 Å². The van der Waals surface area contributed by atoms with E-state index in [1.165, 1.54) is 6.08 Å². The molecule has 1 heterocycles. The summed E-state index contributed by atoms with van der Waals surface area (Å²) >= 11 is 0. The van der Waals surface area contributed by atoms with Crippen LogP contribution in [0.3, 0.4) is 0 Å². The summed E-state index contributed by atoms with van der Waals surface area (Å²) in [6.45, 7) is -0.327. The van der Waals surface area contributed by atoms with Crippen LogP contribution in [0.2, 0.25) is 0 Å². The lowest BCUT2D eigenvalue weighted by molar-refractivity contribution is -0.141. The minimum atomic E-state index is -1.20. The smallest absolute Gasteiger partial charge is 0.326 e. The number of aliphatic carboxylic acids is 1. The van der Waals surface area contributed by atoms with E-state index in [9.17, 15) is 9.59 Å². The van der Waals surface area contributed by atoms with Crippen molar-refractivity contribution in [1.29, 1.82) is 0 Å². The van der Waals surface area contributed by atoms with E-state index >= 15 is 0 Å². The molecular formula is C14H14N2O5. The molecule has 2 rings (SSSR count). The predicted molar refractivity (Wildman–Crippen MR) is 74.3 cm³/mol. The lowest BCUT2D eigenvalue weighted by Gasteiger charge is -2.10. The van der Waals surface area contributed by atoms with Crippen molar-refractivity contribution in [2.45, 2.75) is 12.5 Å². The van der Waals surface area contributed by atoms with Crippen LogP contribution in [0.4, 0.5) is 0 Å². The summed E-state index contributed by atoms with van der Waals surface area (Å²) in [5.41, 5.74) is 1.27. The molecule has 1 aromatic heterocycles. The molecule has 0 radical (unpaired) electrons. The minimum absolute atomic E-state index is 0.0577. The fourth-order valence-electron chi connectivity index (χ4n) is 1.71. The van der Waals surface area contributed by atoms with Gasteiger partial charge in [-0.3, -0.25) is 4.79 Å². The van der Waals surface area contributed by atoms with E-state index in [1.807, 2.05) is 6.07 Å². The Morgan fingerprint density at radius 3 is 2.81 bits per heavy atom. The van der Waals surface area contributed by atoms with Gasteiger partial charge >= 0.3 is 5.97 Å². The standard InChI is InChI=1S/C14H14N2O5/c17-8-7-10(14(19)20)15-12(18)5-6-13-16-9-3-1-2-4-11(9)21-13/h1-6,10,17H,7-8H2,(H,15,18)(H,19,20). The number of carbonyl (C=O) groups excluding carboxylic acids is 1. The second kappa shape index (κ2) is 6.67. The van der Waals surface area contributed by atoms with Gasteiger partial charge in [0, 0.05) is 25.2 Å². The average Bonchev–Trinajstić information content (AvgIpc) is 2.87. The first-order valence-electron chi connectivity index (χ1n) is 6.28. The quantitative estimate of drug-likeness (QED) is 0.678. The normalized spacial score (nSPS) is 12.6.